The standard InChI is InChI=1S/C42H40O4/c1-3-4-18-38-30(2)35-17-11-12-19-39(35)42(38,33-20-22-40(45-26-24-43)36(28-33)31-13-7-5-8-14-31)34-21-23-41(46-27-25-44)37(29-34)32-15-9-6-10-16-32/h3-20,22-23,28-29,34,43-44H,1,21,24-27H2,2H3/b18-4-. The summed E-state index contributed by atoms with van der Waals surface area (Å²) in [6.45, 7) is 6.56. The Bertz CT molecular complexity index is 1810. The number of aliphatic hydroxyl groups excluding tert-OH is 2. The van der Waals surface area contributed by atoms with Gasteiger partial charge in [-0.15, -0.1) is 0 Å². The van der Waals surface area contributed by atoms with Crippen molar-refractivity contribution >= 4 is 11.1 Å². The highest BCUT2D eigenvalue weighted by molar-refractivity contribution is 5.87. The van der Waals surface area contributed by atoms with E-state index in [-0.39, 0.29) is 32.3 Å². The van der Waals surface area contributed by atoms with E-state index < -0.39 is 5.41 Å². The van der Waals surface area contributed by atoms with Gasteiger partial charge in [-0.1, -0.05) is 122 Å². The number of benzene rings is 4. The lowest BCUT2D eigenvalue weighted by Gasteiger charge is -2.42. The molecule has 0 aromatic heterocycles. The molecule has 4 aromatic carbocycles. The lowest BCUT2D eigenvalue weighted by molar-refractivity contribution is 0.152. The lowest BCUT2D eigenvalue weighted by atomic mass is 9.60. The van der Waals surface area contributed by atoms with Crippen molar-refractivity contribution in [1.29, 1.82) is 0 Å². The summed E-state index contributed by atoms with van der Waals surface area (Å²) in [6, 6.07) is 35.9. The van der Waals surface area contributed by atoms with Gasteiger partial charge < -0.3 is 19.7 Å². The van der Waals surface area contributed by atoms with E-state index in [0.717, 1.165) is 45.8 Å². The van der Waals surface area contributed by atoms with Crippen LogP contribution in [0.1, 0.15) is 35.6 Å². The molecule has 0 aliphatic heterocycles. The third-order valence-electron chi connectivity index (χ3n) is 9.03. The summed E-state index contributed by atoms with van der Waals surface area (Å²) < 4.78 is 12.2. The predicted molar refractivity (Wildman–Crippen MR) is 187 cm³/mol. The summed E-state index contributed by atoms with van der Waals surface area (Å²) in [6.07, 6.45) is 11.4. The molecule has 46 heavy (non-hydrogen) atoms. The number of allylic oxidation sites excluding steroid dienone is 8. The first-order valence-electron chi connectivity index (χ1n) is 15.9. The summed E-state index contributed by atoms with van der Waals surface area (Å²) >= 11 is 0. The van der Waals surface area contributed by atoms with E-state index in [1.807, 2.05) is 48.6 Å². The van der Waals surface area contributed by atoms with Gasteiger partial charge in [-0.2, -0.15) is 0 Å². The maximum Gasteiger partial charge on any atom is 0.127 e. The second kappa shape index (κ2) is 14.0. The average Bonchev–Trinajstić information content (AvgIpc) is 3.37. The van der Waals surface area contributed by atoms with Gasteiger partial charge in [-0.3, -0.25) is 0 Å². The van der Waals surface area contributed by atoms with Gasteiger partial charge in [-0.05, 0) is 76.4 Å². The minimum Gasteiger partial charge on any atom is -0.491 e. The first kappa shape index (κ1) is 31.1. The van der Waals surface area contributed by atoms with Crippen molar-refractivity contribution in [1.82, 2.24) is 0 Å². The Labute approximate surface area is 272 Å². The Balaban J connectivity index is 1.65. The highest BCUT2D eigenvalue weighted by Crippen LogP contribution is 2.58. The van der Waals surface area contributed by atoms with Gasteiger partial charge in [0.05, 0.1) is 18.6 Å². The van der Waals surface area contributed by atoms with Crippen molar-refractivity contribution in [3.05, 3.63) is 174 Å². The molecule has 0 spiro atoms. The molecule has 0 amide bonds. The van der Waals surface area contributed by atoms with Crippen LogP contribution in [0.25, 0.3) is 22.3 Å². The van der Waals surface area contributed by atoms with Crippen LogP contribution in [-0.4, -0.2) is 36.6 Å². The second-order valence-corrected chi connectivity index (χ2v) is 11.6. The summed E-state index contributed by atoms with van der Waals surface area (Å²) in [5.41, 5.74) is 9.64. The van der Waals surface area contributed by atoms with Crippen LogP contribution < -0.4 is 4.74 Å². The molecule has 2 atom stereocenters. The maximum atomic E-state index is 9.60. The van der Waals surface area contributed by atoms with E-state index in [0.29, 0.717) is 0 Å². The fourth-order valence-electron chi connectivity index (χ4n) is 7.13. The van der Waals surface area contributed by atoms with Crippen LogP contribution in [0.3, 0.4) is 0 Å². The summed E-state index contributed by atoms with van der Waals surface area (Å²) in [7, 11) is 0. The normalized spacial score (nSPS) is 19.1. The van der Waals surface area contributed by atoms with E-state index in [2.05, 4.69) is 98.5 Å². The Morgan fingerprint density at radius 3 is 2.20 bits per heavy atom. The quantitative estimate of drug-likeness (QED) is 0.158. The molecule has 0 saturated carbocycles. The molecule has 2 aliphatic carbocycles. The fourth-order valence-corrected chi connectivity index (χ4v) is 7.13. The zero-order chi connectivity index (χ0) is 31.9. The molecule has 2 N–H and O–H groups in total. The Kier molecular flexibility index (Phi) is 9.49. The zero-order valence-corrected chi connectivity index (χ0v) is 26.2. The van der Waals surface area contributed by atoms with Crippen LogP contribution >= 0.6 is 0 Å². The van der Waals surface area contributed by atoms with E-state index in [4.69, 9.17) is 9.47 Å². The third-order valence-corrected chi connectivity index (χ3v) is 9.03. The summed E-state index contributed by atoms with van der Waals surface area (Å²) in [5.74, 6) is 1.54. The monoisotopic (exact) mass is 608 g/mol. The number of rotatable bonds is 12. The average molecular weight is 609 g/mol. The molecule has 0 bridgehead atoms. The van der Waals surface area contributed by atoms with Crippen LogP contribution in [0.5, 0.6) is 5.75 Å². The Morgan fingerprint density at radius 1 is 0.804 bits per heavy atom. The first-order chi connectivity index (χ1) is 22.6. The van der Waals surface area contributed by atoms with Gasteiger partial charge in [0, 0.05) is 11.1 Å². The highest BCUT2D eigenvalue weighted by Gasteiger charge is 2.50. The van der Waals surface area contributed by atoms with Crippen LogP contribution in [0.2, 0.25) is 0 Å². The molecule has 6 rings (SSSR count). The molecule has 4 heteroatoms. The smallest absolute Gasteiger partial charge is 0.127 e. The number of hydrogen-bond donors (Lipinski definition) is 2. The van der Waals surface area contributed by atoms with E-state index in [9.17, 15) is 10.2 Å². The molecule has 0 heterocycles. The molecule has 0 radical (unpaired) electrons. The SMILES string of the molecule is C=C/C=C\C1=C(C)c2ccccc2C1(c1ccc(OCCO)c(-c2ccccc2)c1)C1C=C(c2ccccc2)C(OCCO)=CC1. The minimum atomic E-state index is -0.557. The Hall–Kier alpha value is -4.90. The highest BCUT2D eigenvalue weighted by atomic mass is 16.5. The summed E-state index contributed by atoms with van der Waals surface area (Å²) in [5, 5.41) is 19.2. The fraction of sp³-hybridized carbons (Fsp3) is 0.190. The minimum absolute atomic E-state index is 0.0140. The Morgan fingerprint density at radius 2 is 1.48 bits per heavy atom. The van der Waals surface area contributed by atoms with E-state index in [1.165, 1.54) is 22.3 Å². The van der Waals surface area contributed by atoms with Gasteiger partial charge in [0.25, 0.3) is 0 Å². The van der Waals surface area contributed by atoms with Crippen molar-refractivity contribution in [2.45, 2.75) is 18.8 Å². The number of aliphatic hydroxyl groups is 2. The topological polar surface area (TPSA) is 58.9 Å². The molecular weight excluding hydrogens is 568 g/mol. The van der Waals surface area contributed by atoms with Gasteiger partial charge in [-0.25, -0.2) is 0 Å². The van der Waals surface area contributed by atoms with Gasteiger partial charge in [0.2, 0.25) is 0 Å². The molecule has 232 valence electrons. The number of hydrogen-bond acceptors (Lipinski definition) is 4. The molecule has 2 aliphatic rings. The number of ether oxygens (including phenoxy) is 2. The summed E-state index contributed by atoms with van der Waals surface area (Å²) in [4.78, 5) is 0. The molecule has 0 fully saturated rings. The van der Waals surface area contributed by atoms with Gasteiger partial charge in [0.1, 0.15) is 24.7 Å². The molecular formula is C42H40O4. The van der Waals surface area contributed by atoms with Crippen molar-refractivity contribution < 1.29 is 19.7 Å². The predicted octanol–water partition coefficient (Wildman–Crippen LogP) is 8.54. The van der Waals surface area contributed by atoms with Gasteiger partial charge >= 0.3 is 0 Å². The molecule has 2 unspecified atom stereocenters. The van der Waals surface area contributed by atoms with Crippen molar-refractivity contribution in [2.75, 3.05) is 26.4 Å². The van der Waals surface area contributed by atoms with E-state index >= 15 is 0 Å². The first-order valence-corrected chi connectivity index (χ1v) is 15.9. The molecule has 0 saturated heterocycles. The largest absolute Gasteiger partial charge is 0.491 e. The van der Waals surface area contributed by atoms with Crippen molar-refractivity contribution in [3.8, 4) is 16.9 Å². The zero-order valence-electron chi connectivity index (χ0n) is 26.2. The van der Waals surface area contributed by atoms with Crippen LogP contribution in [0.15, 0.2) is 151 Å². The van der Waals surface area contributed by atoms with Crippen LogP contribution in [0.4, 0.5) is 0 Å². The lowest BCUT2D eigenvalue weighted by Crippen LogP contribution is -2.37. The third kappa shape index (κ3) is 5.66. The van der Waals surface area contributed by atoms with Gasteiger partial charge in [0.15, 0.2) is 0 Å². The van der Waals surface area contributed by atoms with Crippen LogP contribution in [-0.2, 0) is 10.2 Å². The number of fused-ring (bicyclic) bond motifs is 1. The maximum absolute atomic E-state index is 9.60. The van der Waals surface area contributed by atoms with Crippen molar-refractivity contribution in [2.24, 2.45) is 5.92 Å². The second-order valence-electron chi connectivity index (χ2n) is 11.6. The molecule has 4 nitrogen and oxygen atoms in total. The molecule has 4 aromatic rings. The van der Waals surface area contributed by atoms with Crippen LogP contribution in [0, 0.1) is 5.92 Å². The van der Waals surface area contributed by atoms with E-state index in [1.54, 1.807) is 0 Å². The van der Waals surface area contributed by atoms with Crippen molar-refractivity contribution in [3.63, 3.8) is 0 Å².